The average molecular weight is 358 g/mol. The van der Waals surface area contributed by atoms with Crippen molar-refractivity contribution in [1.29, 1.82) is 5.26 Å². The summed E-state index contributed by atoms with van der Waals surface area (Å²) in [4.78, 5) is 24.3. The molecule has 0 aliphatic heterocycles. The molecule has 0 radical (unpaired) electrons. The summed E-state index contributed by atoms with van der Waals surface area (Å²) >= 11 is 5.79. The van der Waals surface area contributed by atoms with E-state index in [1.807, 2.05) is 6.07 Å². The highest BCUT2D eigenvalue weighted by molar-refractivity contribution is 6.30. The van der Waals surface area contributed by atoms with Crippen LogP contribution in [-0.2, 0) is 9.53 Å². The summed E-state index contributed by atoms with van der Waals surface area (Å²) in [7, 11) is 0. The maximum atomic E-state index is 12.3. The maximum absolute atomic E-state index is 12.3. The minimum absolute atomic E-state index is 0.324. The van der Waals surface area contributed by atoms with E-state index < -0.39 is 18.2 Å². The molecule has 2 aromatic rings. The van der Waals surface area contributed by atoms with Gasteiger partial charge in [0.1, 0.15) is 5.75 Å². The third-order valence-corrected chi connectivity index (χ3v) is 3.67. The lowest BCUT2D eigenvalue weighted by Gasteiger charge is -2.17. The van der Waals surface area contributed by atoms with Crippen molar-refractivity contribution in [2.45, 2.75) is 26.1 Å². The number of halogens is 1. The van der Waals surface area contributed by atoms with Gasteiger partial charge < -0.3 is 9.47 Å². The Morgan fingerprint density at radius 1 is 1.00 bits per heavy atom. The number of rotatable bonds is 6. The van der Waals surface area contributed by atoms with E-state index in [1.54, 1.807) is 48.5 Å². The Hall–Kier alpha value is -2.84. The number of hydrogen-bond acceptors (Lipinski definition) is 5. The predicted molar refractivity (Wildman–Crippen MR) is 92.6 cm³/mol. The van der Waals surface area contributed by atoms with Gasteiger partial charge in [-0.1, -0.05) is 11.6 Å². The molecule has 0 fully saturated rings. The zero-order valence-corrected chi connectivity index (χ0v) is 14.5. The summed E-state index contributed by atoms with van der Waals surface area (Å²) in [5.41, 5.74) is 0.898. The maximum Gasteiger partial charge on any atom is 0.347 e. The first-order valence-corrected chi connectivity index (χ1v) is 7.95. The highest BCUT2D eigenvalue weighted by Gasteiger charge is 2.24. The SMILES string of the molecule is C[C@H](Oc1ccc(C#N)cc1)C(=O)O[C@@H](C)C(=O)c1ccc(Cl)cc1. The Labute approximate surface area is 150 Å². The minimum atomic E-state index is -0.944. The molecule has 5 nitrogen and oxygen atoms in total. The fourth-order valence-corrected chi connectivity index (χ4v) is 2.16. The molecule has 0 aliphatic carbocycles. The lowest BCUT2D eigenvalue weighted by molar-refractivity contribution is -0.153. The summed E-state index contributed by atoms with van der Waals surface area (Å²) in [6, 6.07) is 14.7. The summed E-state index contributed by atoms with van der Waals surface area (Å²) < 4.78 is 10.6. The van der Waals surface area contributed by atoms with Gasteiger partial charge in [0.15, 0.2) is 12.2 Å². The number of ether oxygens (including phenoxy) is 2. The Morgan fingerprint density at radius 2 is 1.60 bits per heavy atom. The van der Waals surface area contributed by atoms with E-state index in [2.05, 4.69) is 0 Å². The lowest BCUT2D eigenvalue weighted by atomic mass is 10.1. The zero-order valence-electron chi connectivity index (χ0n) is 13.7. The average Bonchev–Trinajstić information content (AvgIpc) is 2.62. The topological polar surface area (TPSA) is 76.4 Å². The highest BCUT2D eigenvalue weighted by Crippen LogP contribution is 2.16. The van der Waals surface area contributed by atoms with Crippen LogP contribution < -0.4 is 4.74 Å². The number of nitriles is 1. The fourth-order valence-electron chi connectivity index (χ4n) is 2.03. The standard InChI is InChI=1S/C19H16ClNO4/c1-12(18(22)15-5-7-16(20)8-6-15)25-19(23)13(2)24-17-9-3-14(11-21)4-10-17/h3-10,12-13H,1-2H3/t12-,13-/m0/s1. The number of esters is 1. The first-order valence-electron chi connectivity index (χ1n) is 7.58. The predicted octanol–water partition coefficient (Wildman–Crippen LogP) is 3.79. The molecule has 0 aromatic heterocycles. The van der Waals surface area contributed by atoms with Crippen LogP contribution in [0.3, 0.4) is 0 Å². The van der Waals surface area contributed by atoms with Gasteiger partial charge in [0.25, 0.3) is 0 Å². The number of carbonyl (C=O) groups is 2. The molecule has 0 heterocycles. The second-order valence-corrected chi connectivity index (χ2v) is 5.78. The van der Waals surface area contributed by atoms with Gasteiger partial charge in [0.05, 0.1) is 11.6 Å². The van der Waals surface area contributed by atoms with Crippen molar-refractivity contribution in [2.24, 2.45) is 0 Å². The van der Waals surface area contributed by atoms with Gasteiger partial charge in [-0.25, -0.2) is 4.79 Å². The molecule has 0 amide bonds. The van der Waals surface area contributed by atoms with E-state index in [0.717, 1.165) is 0 Å². The van der Waals surface area contributed by atoms with Crippen molar-refractivity contribution in [3.63, 3.8) is 0 Å². The molecule has 0 saturated carbocycles. The van der Waals surface area contributed by atoms with Crippen LogP contribution in [0, 0.1) is 11.3 Å². The Kier molecular flexibility index (Phi) is 6.15. The molecule has 0 unspecified atom stereocenters. The Balaban J connectivity index is 1.94. The van der Waals surface area contributed by atoms with Crippen LogP contribution in [-0.4, -0.2) is 24.0 Å². The van der Waals surface area contributed by atoms with Gasteiger partial charge in [-0.2, -0.15) is 5.26 Å². The molecule has 0 saturated heterocycles. The van der Waals surface area contributed by atoms with Gasteiger partial charge in [0, 0.05) is 10.6 Å². The van der Waals surface area contributed by atoms with E-state index in [1.165, 1.54) is 13.8 Å². The summed E-state index contributed by atoms with van der Waals surface area (Å²) in [5, 5.41) is 9.27. The lowest BCUT2D eigenvalue weighted by Crippen LogP contribution is -2.32. The van der Waals surface area contributed by atoms with Crippen molar-refractivity contribution >= 4 is 23.4 Å². The second kappa shape index (κ2) is 8.32. The molecule has 2 atom stereocenters. The van der Waals surface area contributed by atoms with Crippen molar-refractivity contribution in [2.75, 3.05) is 0 Å². The number of benzene rings is 2. The molecular formula is C19H16ClNO4. The molecule has 6 heteroatoms. The molecule has 0 N–H and O–H groups in total. The smallest absolute Gasteiger partial charge is 0.347 e. The van der Waals surface area contributed by atoms with Crippen LogP contribution in [0.5, 0.6) is 5.75 Å². The largest absolute Gasteiger partial charge is 0.479 e. The first kappa shape index (κ1) is 18.5. The zero-order chi connectivity index (χ0) is 18.4. The van der Waals surface area contributed by atoms with Crippen LogP contribution >= 0.6 is 11.6 Å². The number of ketones is 1. The van der Waals surface area contributed by atoms with Crippen molar-refractivity contribution in [1.82, 2.24) is 0 Å². The molecule has 2 rings (SSSR count). The van der Waals surface area contributed by atoms with Crippen molar-refractivity contribution in [3.8, 4) is 11.8 Å². The van der Waals surface area contributed by atoms with Gasteiger partial charge in [-0.15, -0.1) is 0 Å². The quantitative estimate of drug-likeness (QED) is 0.580. The van der Waals surface area contributed by atoms with Crippen LogP contribution in [0.25, 0.3) is 0 Å². The van der Waals surface area contributed by atoms with Crippen LogP contribution in [0.2, 0.25) is 5.02 Å². The summed E-state index contributed by atoms with van der Waals surface area (Å²) in [5.74, 6) is -0.546. The molecular weight excluding hydrogens is 342 g/mol. The second-order valence-electron chi connectivity index (χ2n) is 5.35. The molecule has 2 aromatic carbocycles. The van der Waals surface area contributed by atoms with E-state index in [9.17, 15) is 9.59 Å². The van der Waals surface area contributed by atoms with E-state index in [0.29, 0.717) is 21.9 Å². The molecule has 25 heavy (non-hydrogen) atoms. The summed E-state index contributed by atoms with van der Waals surface area (Å²) in [6.07, 6.45) is -1.84. The third kappa shape index (κ3) is 5.07. The number of Topliss-reactive ketones (excluding diaryl/α,β-unsaturated/α-hetero) is 1. The van der Waals surface area contributed by atoms with E-state index >= 15 is 0 Å². The van der Waals surface area contributed by atoms with E-state index in [-0.39, 0.29) is 5.78 Å². The number of carbonyl (C=O) groups excluding carboxylic acids is 2. The van der Waals surface area contributed by atoms with Crippen LogP contribution in [0.4, 0.5) is 0 Å². The van der Waals surface area contributed by atoms with E-state index in [4.69, 9.17) is 26.3 Å². The van der Waals surface area contributed by atoms with Crippen LogP contribution in [0.15, 0.2) is 48.5 Å². The number of hydrogen-bond donors (Lipinski definition) is 0. The van der Waals surface area contributed by atoms with Gasteiger partial charge in [-0.3, -0.25) is 4.79 Å². The van der Waals surface area contributed by atoms with Crippen molar-refractivity contribution < 1.29 is 19.1 Å². The molecule has 0 aliphatic rings. The highest BCUT2D eigenvalue weighted by atomic mass is 35.5. The molecule has 0 bridgehead atoms. The third-order valence-electron chi connectivity index (χ3n) is 3.42. The van der Waals surface area contributed by atoms with Gasteiger partial charge in [-0.05, 0) is 62.4 Å². The Morgan fingerprint density at radius 3 is 2.16 bits per heavy atom. The molecule has 128 valence electrons. The van der Waals surface area contributed by atoms with Gasteiger partial charge in [0.2, 0.25) is 5.78 Å². The minimum Gasteiger partial charge on any atom is -0.479 e. The fraction of sp³-hybridized carbons (Fsp3) is 0.211. The van der Waals surface area contributed by atoms with Crippen LogP contribution in [0.1, 0.15) is 29.8 Å². The normalized spacial score (nSPS) is 12.6. The van der Waals surface area contributed by atoms with Gasteiger partial charge >= 0.3 is 5.97 Å². The molecule has 0 spiro atoms. The summed E-state index contributed by atoms with van der Waals surface area (Å²) in [6.45, 7) is 3.03. The Bertz CT molecular complexity index is 794. The first-order chi connectivity index (χ1) is 11.9. The monoisotopic (exact) mass is 357 g/mol. The van der Waals surface area contributed by atoms with Crippen molar-refractivity contribution in [3.05, 3.63) is 64.7 Å². The number of nitrogens with zero attached hydrogens (tertiary/aromatic N) is 1.